The first-order valence-electron chi connectivity index (χ1n) is 6.43. The van der Waals surface area contributed by atoms with E-state index in [2.05, 4.69) is 40.2 Å². The molecule has 0 fully saturated rings. The number of aryl methyl sites for hydroxylation is 1. The van der Waals surface area contributed by atoms with E-state index in [1.54, 1.807) is 0 Å². The number of hydrogen-bond acceptors (Lipinski definition) is 2. The van der Waals surface area contributed by atoms with Gasteiger partial charge in [0.1, 0.15) is 10.7 Å². The van der Waals surface area contributed by atoms with E-state index in [0.717, 1.165) is 28.6 Å². The summed E-state index contributed by atoms with van der Waals surface area (Å²) in [7, 11) is 0. The van der Waals surface area contributed by atoms with Crippen LogP contribution in [-0.4, -0.2) is 11.6 Å². The Morgan fingerprint density at radius 2 is 1.90 bits per heavy atom. The predicted octanol–water partition coefficient (Wildman–Crippen LogP) is 4.09. The molecule has 2 aromatic carbocycles. The van der Waals surface area contributed by atoms with Gasteiger partial charge in [-0.1, -0.05) is 58.5 Å². The van der Waals surface area contributed by atoms with Crippen LogP contribution in [0.1, 0.15) is 17.5 Å². The summed E-state index contributed by atoms with van der Waals surface area (Å²) in [4.78, 5) is 0.351. The largest absolute Gasteiger partial charge is 0.493 e. The second-order valence-electron chi connectivity index (χ2n) is 4.44. The average Bonchev–Trinajstić information content (AvgIpc) is 2.45. The minimum atomic E-state index is 0.351. The molecule has 0 radical (unpaired) electrons. The molecule has 0 saturated heterocycles. The number of benzene rings is 2. The van der Waals surface area contributed by atoms with Gasteiger partial charge in [0.05, 0.1) is 12.2 Å². The molecule has 20 heavy (non-hydrogen) atoms. The van der Waals surface area contributed by atoms with Crippen LogP contribution in [0.5, 0.6) is 5.75 Å². The summed E-state index contributed by atoms with van der Waals surface area (Å²) in [5, 5.41) is 0. The summed E-state index contributed by atoms with van der Waals surface area (Å²) in [6, 6.07) is 16.1. The molecule has 0 aromatic heterocycles. The van der Waals surface area contributed by atoms with Gasteiger partial charge in [0.2, 0.25) is 0 Å². The maximum atomic E-state index is 5.79. The SMILES string of the molecule is NC(=S)c1cc(Br)ccc1OCCCc1ccccc1. The molecule has 0 amide bonds. The lowest BCUT2D eigenvalue weighted by molar-refractivity contribution is 0.310. The molecule has 0 saturated carbocycles. The highest BCUT2D eigenvalue weighted by Gasteiger charge is 2.07. The Morgan fingerprint density at radius 3 is 2.60 bits per heavy atom. The first-order valence-corrected chi connectivity index (χ1v) is 7.63. The topological polar surface area (TPSA) is 35.2 Å². The maximum Gasteiger partial charge on any atom is 0.129 e. The molecular formula is C16H16BrNOS. The molecule has 0 unspecified atom stereocenters. The zero-order valence-electron chi connectivity index (χ0n) is 11.0. The minimum Gasteiger partial charge on any atom is -0.493 e. The Hall–Kier alpha value is -1.39. The number of thiocarbonyl (C=S) groups is 1. The lowest BCUT2D eigenvalue weighted by Crippen LogP contribution is -2.12. The predicted molar refractivity (Wildman–Crippen MR) is 90.3 cm³/mol. The molecule has 104 valence electrons. The second kappa shape index (κ2) is 7.41. The fourth-order valence-electron chi connectivity index (χ4n) is 1.92. The number of nitrogens with two attached hydrogens (primary N) is 1. The highest BCUT2D eigenvalue weighted by molar-refractivity contribution is 9.10. The fourth-order valence-corrected chi connectivity index (χ4v) is 2.44. The number of ether oxygens (including phenoxy) is 1. The standard InChI is InChI=1S/C16H16BrNOS/c17-13-8-9-15(14(11-13)16(18)20)19-10-4-7-12-5-2-1-3-6-12/h1-3,5-6,8-9,11H,4,7,10H2,(H2,18,20). The quantitative estimate of drug-likeness (QED) is 0.629. The highest BCUT2D eigenvalue weighted by atomic mass is 79.9. The van der Waals surface area contributed by atoms with Gasteiger partial charge in [0, 0.05) is 4.47 Å². The van der Waals surface area contributed by atoms with Crippen LogP contribution in [0.4, 0.5) is 0 Å². The number of halogens is 1. The van der Waals surface area contributed by atoms with Crippen molar-refractivity contribution in [3.05, 3.63) is 64.1 Å². The van der Waals surface area contributed by atoms with Crippen LogP contribution in [0.15, 0.2) is 53.0 Å². The summed E-state index contributed by atoms with van der Waals surface area (Å²) in [6.07, 6.45) is 1.95. The zero-order valence-corrected chi connectivity index (χ0v) is 13.4. The van der Waals surface area contributed by atoms with E-state index in [-0.39, 0.29) is 0 Å². The summed E-state index contributed by atoms with van der Waals surface area (Å²) >= 11 is 8.45. The molecule has 0 aliphatic heterocycles. The van der Waals surface area contributed by atoms with Gasteiger partial charge in [0.25, 0.3) is 0 Å². The molecule has 2 N–H and O–H groups in total. The Morgan fingerprint density at radius 1 is 1.15 bits per heavy atom. The summed E-state index contributed by atoms with van der Waals surface area (Å²) in [6.45, 7) is 0.645. The van der Waals surface area contributed by atoms with Gasteiger partial charge in [0.15, 0.2) is 0 Å². The van der Waals surface area contributed by atoms with Crippen molar-refractivity contribution in [3.8, 4) is 5.75 Å². The molecule has 0 spiro atoms. The van der Waals surface area contributed by atoms with E-state index >= 15 is 0 Å². The Bertz CT molecular complexity index is 586. The Kier molecular flexibility index (Phi) is 5.56. The van der Waals surface area contributed by atoms with Crippen LogP contribution >= 0.6 is 28.1 Å². The molecule has 0 bridgehead atoms. The van der Waals surface area contributed by atoms with Crippen molar-refractivity contribution in [2.24, 2.45) is 5.73 Å². The van der Waals surface area contributed by atoms with Gasteiger partial charge < -0.3 is 10.5 Å². The average molecular weight is 350 g/mol. The van der Waals surface area contributed by atoms with Crippen LogP contribution in [0.3, 0.4) is 0 Å². The van der Waals surface area contributed by atoms with E-state index in [0.29, 0.717) is 11.6 Å². The zero-order chi connectivity index (χ0) is 14.4. The maximum absolute atomic E-state index is 5.79. The Labute approximate surface area is 133 Å². The van der Waals surface area contributed by atoms with Crippen molar-refractivity contribution >= 4 is 33.1 Å². The minimum absolute atomic E-state index is 0.351. The van der Waals surface area contributed by atoms with Crippen molar-refractivity contribution in [3.63, 3.8) is 0 Å². The highest BCUT2D eigenvalue weighted by Crippen LogP contribution is 2.23. The van der Waals surface area contributed by atoms with Crippen LogP contribution < -0.4 is 10.5 Å². The molecule has 0 aliphatic rings. The monoisotopic (exact) mass is 349 g/mol. The van der Waals surface area contributed by atoms with Gasteiger partial charge in [-0.15, -0.1) is 0 Å². The second-order valence-corrected chi connectivity index (χ2v) is 5.80. The normalized spacial score (nSPS) is 10.2. The third-order valence-corrected chi connectivity index (χ3v) is 3.63. The van der Waals surface area contributed by atoms with Crippen molar-refractivity contribution in [2.75, 3.05) is 6.61 Å². The van der Waals surface area contributed by atoms with Crippen LogP contribution in [-0.2, 0) is 6.42 Å². The summed E-state index contributed by atoms with van der Waals surface area (Å²) < 4.78 is 6.73. The van der Waals surface area contributed by atoms with Gasteiger partial charge >= 0.3 is 0 Å². The van der Waals surface area contributed by atoms with Crippen molar-refractivity contribution in [1.29, 1.82) is 0 Å². The lowest BCUT2D eigenvalue weighted by Gasteiger charge is -2.11. The number of rotatable bonds is 6. The molecule has 0 heterocycles. The van der Waals surface area contributed by atoms with E-state index in [9.17, 15) is 0 Å². The molecule has 0 aliphatic carbocycles. The first kappa shape index (κ1) is 15.0. The molecule has 2 rings (SSSR count). The van der Waals surface area contributed by atoms with E-state index in [1.807, 2.05) is 24.3 Å². The van der Waals surface area contributed by atoms with Gasteiger partial charge in [-0.3, -0.25) is 0 Å². The van der Waals surface area contributed by atoms with Crippen LogP contribution in [0.25, 0.3) is 0 Å². The third kappa shape index (κ3) is 4.32. The van der Waals surface area contributed by atoms with Gasteiger partial charge in [-0.2, -0.15) is 0 Å². The van der Waals surface area contributed by atoms with Gasteiger partial charge in [-0.25, -0.2) is 0 Å². The van der Waals surface area contributed by atoms with E-state index in [4.69, 9.17) is 22.7 Å². The van der Waals surface area contributed by atoms with Crippen molar-refractivity contribution in [2.45, 2.75) is 12.8 Å². The van der Waals surface area contributed by atoms with E-state index in [1.165, 1.54) is 5.56 Å². The smallest absolute Gasteiger partial charge is 0.129 e. The molecule has 0 atom stereocenters. The molecule has 4 heteroatoms. The van der Waals surface area contributed by atoms with Crippen LogP contribution in [0.2, 0.25) is 0 Å². The number of hydrogen-bond donors (Lipinski definition) is 1. The van der Waals surface area contributed by atoms with E-state index < -0.39 is 0 Å². The lowest BCUT2D eigenvalue weighted by atomic mass is 10.1. The summed E-state index contributed by atoms with van der Waals surface area (Å²) in [5.74, 6) is 0.744. The van der Waals surface area contributed by atoms with Crippen molar-refractivity contribution in [1.82, 2.24) is 0 Å². The molecule has 2 aromatic rings. The fraction of sp³-hybridized carbons (Fsp3) is 0.188. The van der Waals surface area contributed by atoms with Crippen LogP contribution in [0, 0.1) is 0 Å². The van der Waals surface area contributed by atoms with Crippen molar-refractivity contribution < 1.29 is 4.74 Å². The Balaban J connectivity index is 1.90. The van der Waals surface area contributed by atoms with Gasteiger partial charge in [-0.05, 0) is 36.6 Å². The third-order valence-electron chi connectivity index (χ3n) is 2.92. The first-order chi connectivity index (χ1) is 9.66. The molecule has 2 nitrogen and oxygen atoms in total. The molecular weight excluding hydrogens is 334 g/mol. The summed E-state index contributed by atoms with van der Waals surface area (Å²) in [5.41, 5.74) is 7.80.